The standard InChI is InChI=1S/C20H27NO2/c1-13(2)23-18-5-3-17(4-6-18)19(22)21-20-10-14-7-15(11-20)9-16(8-14)12-20/h3-6,13-16H,7-12H2,1-2H3,(H,21,22). The molecule has 3 heteroatoms. The van der Waals surface area contributed by atoms with Crippen LogP contribution in [0.5, 0.6) is 5.75 Å². The first-order valence-corrected chi connectivity index (χ1v) is 9.10. The van der Waals surface area contributed by atoms with Gasteiger partial charge in [-0.3, -0.25) is 4.79 Å². The number of amides is 1. The molecule has 1 amide bonds. The van der Waals surface area contributed by atoms with E-state index in [0.29, 0.717) is 0 Å². The van der Waals surface area contributed by atoms with E-state index in [0.717, 1.165) is 29.1 Å². The van der Waals surface area contributed by atoms with E-state index in [4.69, 9.17) is 4.74 Å². The van der Waals surface area contributed by atoms with Crippen molar-refractivity contribution in [2.24, 2.45) is 17.8 Å². The van der Waals surface area contributed by atoms with Gasteiger partial charge in [0.15, 0.2) is 0 Å². The maximum absolute atomic E-state index is 12.7. The molecule has 0 aliphatic heterocycles. The first-order chi connectivity index (χ1) is 11.0. The third-order valence-corrected chi connectivity index (χ3v) is 5.91. The minimum Gasteiger partial charge on any atom is -0.491 e. The Bertz CT molecular complexity index is 555. The summed E-state index contributed by atoms with van der Waals surface area (Å²) < 4.78 is 5.65. The van der Waals surface area contributed by atoms with Crippen molar-refractivity contribution >= 4 is 5.91 Å². The second-order valence-corrected chi connectivity index (χ2v) is 8.34. The maximum atomic E-state index is 12.7. The van der Waals surface area contributed by atoms with Crippen molar-refractivity contribution < 1.29 is 9.53 Å². The van der Waals surface area contributed by atoms with Gasteiger partial charge < -0.3 is 10.1 Å². The summed E-state index contributed by atoms with van der Waals surface area (Å²) in [5, 5.41) is 3.42. The van der Waals surface area contributed by atoms with Gasteiger partial charge in [-0.05, 0) is 94.4 Å². The second-order valence-electron chi connectivity index (χ2n) is 8.34. The van der Waals surface area contributed by atoms with Crippen molar-refractivity contribution in [1.29, 1.82) is 0 Å². The zero-order chi connectivity index (χ0) is 16.0. The molecule has 5 rings (SSSR count). The van der Waals surface area contributed by atoms with Crippen molar-refractivity contribution in [2.75, 3.05) is 0 Å². The molecule has 1 aromatic carbocycles. The van der Waals surface area contributed by atoms with Gasteiger partial charge in [0.05, 0.1) is 6.10 Å². The molecule has 1 aromatic rings. The molecule has 4 aliphatic rings. The van der Waals surface area contributed by atoms with E-state index < -0.39 is 0 Å². The number of benzene rings is 1. The van der Waals surface area contributed by atoms with E-state index in [1.54, 1.807) is 0 Å². The van der Waals surface area contributed by atoms with E-state index in [2.05, 4.69) is 5.32 Å². The molecule has 0 unspecified atom stereocenters. The van der Waals surface area contributed by atoms with Gasteiger partial charge in [-0.2, -0.15) is 0 Å². The summed E-state index contributed by atoms with van der Waals surface area (Å²) in [6.45, 7) is 4.02. The summed E-state index contributed by atoms with van der Waals surface area (Å²) in [6, 6.07) is 7.56. The summed E-state index contributed by atoms with van der Waals surface area (Å²) in [4.78, 5) is 12.7. The van der Waals surface area contributed by atoms with Crippen LogP contribution in [0.2, 0.25) is 0 Å². The number of rotatable bonds is 4. The lowest BCUT2D eigenvalue weighted by molar-refractivity contribution is -0.0167. The molecule has 0 saturated heterocycles. The summed E-state index contributed by atoms with van der Waals surface area (Å²) in [5.74, 6) is 3.46. The molecule has 23 heavy (non-hydrogen) atoms. The molecule has 0 aromatic heterocycles. The largest absolute Gasteiger partial charge is 0.491 e. The Morgan fingerprint density at radius 2 is 1.57 bits per heavy atom. The highest BCUT2D eigenvalue weighted by molar-refractivity contribution is 5.94. The quantitative estimate of drug-likeness (QED) is 0.906. The van der Waals surface area contributed by atoms with Gasteiger partial charge in [-0.1, -0.05) is 0 Å². The fraction of sp³-hybridized carbons (Fsp3) is 0.650. The Morgan fingerprint density at radius 3 is 2.04 bits per heavy atom. The fourth-order valence-corrected chi connectivity index (χ4v) is 5.53. The van der Waals surface area contributed by atoms with Crippen LogP contribution in [-0.2, 0) is 0 Å². The summed E-state index contributed by atoms with van der Waals surface area (Å²) in [6.07, 6.45) is 7.93. The van der Waals surface area contributed by atoms with Gasteiger partial charge in [0.25, 0.3) is 5.91 Å². The first-order valence-electron chi connectivity index (χ1n) is 9.10. The third kappa shape index (κ3) is 2.98. The van der Waals surface area contributed by atoms with Crippen LogP contribution >= 0.6 is 0 Å². The second kappa shape index (κ2) is 5.54. The lowest BCUT2D eigenvalue weighted by atomic mass is 9.53. The van der Waals surface area contributed by atoms with Crippen LogP contribution < -0.4 is 10.1 Å². The maximum Gasteiger partial charge on any atom is 0.251 e. The number of carbonyl (C=O) groups is 1. The van der Waals surface area contributed by atoms with Gasteiger partial charge in [-0.25, -0.2) is 0 Å². The van der Waals surface area contributed by atoms with Crippen LogP contribution in [0, 0.1) is 17.8 Å². The van der Waals surface area contributed by atoms with Crippen molar-refractivity contribution in [3.8, 4) is 5.75 Å². The van der Waals surface area contributed by atoms with Crippen molar-refractivity contribution in [3.63, 3.8) is 0 Å². The first kappa shape index (κ1) is 15.0. The normalized spacial score (nSPS) is 34.7. The minimum absolute atomic E-state index is 0.0823. The SMILES string of the molecule is CC(C)Oc1ccc(C(=O)NC23CC4CC(CC(C4)C2)C3)cc1. The molecule has 0 radical (unpaired) electrons. The molecular weight excluding hydrogens is 286 g/mol. The number of ether oxygens (including phenoxy) is 1. The lowest BCUT2D eigenvalue weighted by Gasteiger charge is -2.56. The smallest absolute Gasteiger partial charge is 0.251 e. The Kier molecular flexibility index (Phi) is 3.62. The molecule has 0 atom stereocenters. The fourth-order valence-electron chi connectivity index (χ4n) is 5.53. The van der Waals surface area contributed by atoms with Gasteiger partial charge in [-0.15, -0.1) is 0 Å². The van der Waals surface area contributed by atoms with Crippen molar-refractivity contribution in [2.45, 2.75) is 64.0 Å². The van der Waals surface area contributed by atoms with Gasteiger partial charge in [0, 0.05) is 11.1 Å². The molecule has 0 spiro atoms. The van der Waals surface area contributed by atoms with Crippen LogP contribution in [-0.4, -0.2) is 17.6 Å². The average molecular weight is 313 g/mol. The predicted octanol–water partition coefficient (Wildman–Crippen LogP) is 4.17. The van der Waals surface area contributed by atoms with Crippen molar-refractivity contribution in [3.05, 3.63) is 29.8 Å². The third-order valence-electron chi connectivity index (χ3n) is 5.91. The highest BCUT2D eigenvalue weighted by atomic mass is 16.5. The molecule has 124 valence electrons. The van der Waals surface area contributed by atoms with E-state index in [9.17, 15) is 4.79 Å². The number of hydrogen-bond donors (Lipinski definition) is 1. The lowest BCUT2D eigenvalue weighted by Crippen LogP contribution is -2.59. The van der Waals surface area contributed by atoms with E-state index in [1.165, 1.54) is 38.5 Å². The Hall–Kier alpha value is -1.51. The van der Waals surface area contributed by atoms with E-state index in [1.807, 2.05) is 38.1 Å². The van der Waals surface area contributed by atoms with Crippen LogP contribution in [0.15, 0.2) is 24.3 Å². The van der Waals surface area contributed by atoms with Gasteiger partial charge in [0.1, 0.15) is 5.75 Å². The Morgan fingerprint density at radius 1 is 1.04 bits per heavy atom. The number of carbonyl (C=O) groups excluding carboxylic acids is 1. The zero-order valence-corrected chi connectivity index (χ0v) is 14.2. The molecule has 4 fully saturated rings. The van der Waals surface area contributed by atoms with Crippen LogP contribution in [0.1, 0.15) is 62.7 Å². The Labute approximate surface area is 138 Å². The minimum atomic E-state index is 0.0823. The highest BCUT2D eigenvalue weighted by Crippen LogP contribution is 2.55. The summed E-state index contributed by atoms with van der Waals surface area (Å²) >= 11 is 0. The van der Waals surface area contributed by atoms with E-state index in [-0.39, 0.29) is 17.6 Å². The van der Waals surface area contributed by atoms with Crippen molar-refractivity contribution in [1.82, 2.24) is 5.32 Å². The van der Waals surface area contributed by atoms with E-state index >= 15 is 0 Å². The zero-order valence-electron chi connectivity index (χ0n) is 14.2. The molecule has 4 aliphatic carbocycles. The van der Waals surface area contributed by atoms with Gasteiger partial charge in [0.2, 0.25) is 0 Å². The summed E-state index contributed by atoms with van der Waals surface area (Å²) in [7, 11) is 0. The molecule has 0 heterocycles. The summed E-state index contributed by atoms with van der Waals surface area (Å²) in [5.41, 5.74) is 0.829. The molecule has 4 saturated carbocycles. The Balaban J connectivity index is 1.45. The predicted molar refractivity (Wildman–Crippen MR) is 90.6 cm³/mol. The van der Waals surface area contributed by atoms with Crippen LogP contribution in [0.3, 0.4) is 0 Å². The molecule has 4 bridgehead atoms. The van der Waals surface area contributed by atoms with Crippen LogP contribution in [0.25, 0.3) is 0 Å². The number of nitrogens with one attached hydrogen (secondary N) is 1. The molecular formula is C20H27NO2. The molecule has 1 N–H and O–H groups in total. The van der Waals surface area contributed by atoms with Crippen LogP contribution in [0.4, 0.5) is 0 Å². The number of hydrogen-bond acceptors (Lipinski definition) is 2. The molecule has 3 nitrogen and oxygen atoms in total. The highest BCUT2D eigenvalue weighted by Gasteiger charge is 2.51. The monoisotopic (exact) mass is 313 g/mol. The average Bonchev–Trinajstić information content (AvgIpc) is 2.45. The van der Waals surface area contributed by atoms with Gasteiger partial charge >= 0.3 is 0 Å². The topological polar surface area (TPSA) is 38.3 Å².